The number of pyridine rings is 1. The molecule has 0 spiro atoms. The van der Waals surface area contributed by atoms with Crippen molar-refractivity contribution in [3.05, 3.63) is 95.1 Å². The Balaban J connectivity index is 1.77. The smallest absolute Gasteiger partial charge is 0.0900 e. The Morgan fingerprint density at radius 2 is 1.79 bits per heavy atom. The monoisotopic (exact) mass is 467 g/mol. The second-order valence-electron chi connectivity index (χ2n) is 8.51. The number of benzene rings is 3. The molecule has 0 atom stereocenters. The highest BCUT2D eigenvalue weighted by Gasteiger charge is 2.16. The standard InChI is InChI=1S/C28H26ClN5/c1-4-20-11-12-21(17-30-20)32-24-15-26-28(16-25(24)31-18(2)3)34(22-13-9-19(29)10-14-22)27-8-6-5-7-23(27)33-26/h5-18,32H,4H2,1-3H3. The molecule has 1 N–H and O–H groups in total. The van der Waals surface area contributed by atoms with Gasteiger partial charge in [0.25, 0.3) is 0 Å². The third-order valence-corrected chi connectivity index (χ3v) is 5.90. The van der Waals surface area contributed by atoms with Crippen LogP contribution >= 0.6 is 11.6 Å². The molecule has 0 bridgehead atoms. The van der Waals surface area contributed by atoms with E-state index in [1.165, 1.54) is 0 Å². The molecule has 0 saturated carbocycles. The number of hydrogen-bond donors (Lipinski definition) is 1. The molecule has 0 unspecified atom stereocenters. The van der Waals surface area contributed by atoms with Crippen LogP contribution in [0.5, 0.6) is 0 Å². The summed E-state index contributed by atoms with van der Waals surface area (Å²) in [5, 5.41) is 5.10. The zero-order valence-corrected chi connectivity index (χ0v) is 20.2. The highest BCUT2D eigenvalue weighted by Crippen LogP contribution is 2.30. The summed E-state index contributed by atoms with van der Waals surface area (Å²) in [6.07, 6.45) is 2.77. The fraction of sp³-hybridized carbons (Fsp3) is 0.179. The van der Waals surface area contributed by atoms with Crippen LogP contribution in [0.25, 0.3) is 28.1 Å². The van der Waals surface area contributed by atoms with Crippen LogP contribution in [0.4, 0.5) is 11.4 Å². The van der Waals surface area contributed by atoms with Crippen LogP contribution in [-0.2, 0) is 6.42 Å². The molecule has 5 rings (SSSR count). The van der Waals surface area contributed by atoms with Crippen LogP contribution in [0.3, 0.4) is 0 Å². The van der Waals surface area contributed by atoms with E-state index in [1.807, 2.05) is 54.7 Å². The summed E-state index contributed by atoms with van der Waals surface area (Å²) in [5.41, 5.74) is 7.69. The molecular weight excluding hydrogens is 442 g/mol. The van der Waals surface area contributed by atoms with Gasteiger partial charge in [0, 0.05) is 22.4 Å². The molecule has 6 heteroatoms. The summed E-state index contributed by atoms with van der Waals surface area (Å²) in [6, 6.07) is 24.5. The van der Waals surface area contributed by atoms with Crippen LogP contribution in [0.2, 0.25) is 5.02 Å². The normalized spacial score (nSPS) is 12.1. The molecule has 2 heterocycles. The van der Waals surface area contributed by atoms with Gasteiger partial charge in [-0.05, 0) is 80.9 Å². The van der Waals surface area contributed by atoms with E-state index in [1.54, 1.807) is 0 Å². The minimum Gasteiger partial charge on any atom is -0.352 e. The average molecular weight is 468 g/mol. The Morgan fingerprint density at radius 1 is 1.00 bits per heavy atom. The van der Waals surface area contributed by atoms with Crippen LogP contribution in [0, 0.1) is 0 Å². The summed E-state index contributed by atoms with van der Waals surface area (Å²) in [6.45, 7) is 6.26. The first-order valence-electron chi connectivity index (χ1n) is 11.5. The SMILES string of the molecule is CCc1ccc(Nc2cc3nc4ccccc4n(-c4ccc(Cl)cc4)c-3cc2=NC(C)C)cn1. The number of nitrogens with zero attached hydrogens (tertiary/aromatic N) is 4. The number of nitrogens with one attached hydrogen (secondary N) is 1. The third kappa shape index (κ3) is 4.39. The van der Waals surface area contributed by atoms with Gasteiger partial charge < -0.3 is 9.88 Å². The van der Waals surface area contributed by atoms with Gasteiger partial charge in [0.1, 0.15) is 0 Å². The number of rotatable bonds is 5. The molecule has 1 aromatic heterocycles. The van der Waals surface area contributed by atoms with E-state index in [2.05, 4.69) is 59.9 Å². The maximum Gasteiger partial charge on any atom is 0.0900 e. The summed E-state index contributed by atoms with van der Waals surface area (Å²) in [5.74, 6) is 0. The van der Waals surface area contributed by atoms with Gasteiger partial charge in [-0.1, -0.05) is 30.7 Å². The summed E-state index contributed by atoms with van der Waals surface area (Å²) >= 11 is 6.18. The van der Waals surface area contributed by atoms with E-state index in [0.29, 0.717) is 5.02 Å². The molecule has 170 valence electrons. The van der Waals surface area contributed by atoms with E-state index in [-0.39, 0.29) is 6.04 Å². The van der Waals surface area contributed by atoms with Gasteiger partial charge in [-0.3, -0.25) is 9.98 Å². The van der Waals surface area contributed by atoms with Crippen molar-refractivity contribution >= 4 is 34.0 Å². The maximum atomic E-state index is 6.18. The van der Waals surface area contributed by atoms with Gasteiger partial charge in [0.05, 0.1) is 45.4 Å². The van der Waals surface area contributed by atoms with Gasteiger partial charge in [0.15, 0.2) is 0 Å². The molecule has 0 saturated heterocycles. The number of halogens is 1. The second-order valence-corrected chi connectivity index (χ2v) is 8.95. The average Bonchev–Trinajstić information content (AvgIpc) is 2.84. The zero-order valence-electron chi connectivity index (χ0n) is 19.5. The lowest BCUT2D eigenvalue weighted by Gasteiger charge is -2.20. The maximum absolute atomic E-state index is 6.18. The minimum atomic E-state index is 0.135. The van der Waals surface area contributed by atoms with E-state index >= 15 is 0 Å². The van der Waals surface area contributed by atoms with Crippen molar-refractivity contribution in [3.63, 3.8) is 0 Å². The quantitative estimate of drug-likeness (QED) is 0.289. The van der Waals surface area contributed by atoms with Gasteiger partial charge in [0.2, 0.25) is 0 Å². The van der Waals surface area contributed by atoms with Crippen LogP contribution in [0.15, 0.2) is 84.0 Å². The number of anilines is 2. The van der Waals surface area contributed by atoms with Gasteiger partial charge in [-0.15, -0.1) is 0 Å². The van der Waals surface area contributed by atoms with Crippen molar-refractivity contribution in [3.8, 4) is 17.1 Å². The molecule has 1 aliphatic heterocycles. The topological polar surface area (TPSA) is 55.1 Å². The fourth-order valence-electron chi connectivity index (χ4n) is 4.06. The lowest BCUT2D eigenvalue weighted by atomic mass is 10.1. The van der Waals surface area contributed by atoms with Crippen LogP contribution in [-0.4, -0.2) is 20.6 Å². The number of fused-ring (bicyclic) bond motifs is 2. The van der Waals surface area contributed by atoms with Crippen molar-refractivity contribution in [2.45, 2.75) is 33.2 Å². The van der Waals surface area contributed by atoms with Gasteiger partial charge in [-0.25, -0.2) is 4.98 Å². The summed E-state index contributed by atoms with van der Waals surface area (Å²) in [4.78, 5) is 14.4. The fourth-order valence-corrected chi connectivity index (χ4v) is 4.18. The molecular formula is C28H26ClN5. The first-order valence-corrected chi connectivity index (χ1v) is 11.9. The van der Waals surface area contributed by atoms with Gasteiger partial charge >= 0.3 is 0 Å². The minimum absolute atomic E-state index is 0.135. The lowest BCUT2D eigenvalue weighted by molar-refractivity contribution is 0.806. The van der Waals surface area contributed by atoms with Crippen molar-refractivity contribution in [2.24, 2.45) is 4.99 Å². The lowest BCUT2D eigenvalue weighted by Crippen LogP contribution is -2.16. The largest absolute Gasteiger partial charge is 0.352 e. The molecule has 34 heavy (non-hydrogen) atoms. The third-order valence-electron chi connectivity index (χ3n) is 5.65. The molecule has 3 aromatic rings. The Morgan fingerprint density at radius 3 is 2.50 bits per heavy atom. The molecule has 2 aromatic carbocycles. The van der Waals surface area contributed by atoms with Crippen LogP contribution in [0.1, 0.15) is 26.5 Å². The predicted molar refractivity (Wildman–Crippen MR) is 140 cm³/mol. The summed E-state index contributed by atoms with van der Waals surface area (Å²) in [7, 11) is 0. The molecule has 0 radical (unpaired) electrons. The number of para-hydroxylation sites is 2. The first-order chi connectivity index (χ1) is 16.5. The van der Waals surface area contributed by atoms with E-state index in [0.717, 1.165) is 57.0 Å². The van der Waals surface area contributed by atoms with E-state index < -0.39 is 0 Å². The molecule has 0 fully saturated rings. The first kappa shape index (κ1) is 22.1. The number of hydrogen-bond acceptors (Lipinski definition) is 4. The number of aryl methyl sites for hydroxylation is 1. The molecule has 5 nitrogen and oxygen atoms in total. The Kier molecular flexibility index (Phi) is 6.03. The van der Waals surface area contributed by atoms with Crippen molar-refractivity contribution in [1.29, 1.82) is 0 Å². The Labute approximate surface area is 204 Å². The Bertz CT molecular complexity index is 1480. The van der Waals surface area contributed by atoms with Crippen molar-refractivity contribution in [2.75, 3.05) is 5.32 Å². The highest BCUT2D eigenvalue weighted by atomic mass is 35.5. The van der Waals surface area contributed by atoms with Crippen LogP contribution < -0.4 is 10.7 Å². The number of aromatic nitrogens is 3. The second kappa shape index (κ2) is 9.27. The van der Waals surface area contributed by atoms with Crippen molar-refractivity contribution < 1.29 is 0 Å². The summed E-state index contributed by atoms with van der Waals surface area (Å²) < 4.78 is 2.22. The molecule has 1 aliphatic carbocycles. The zero-order chi connectivity index (χ0) is 23.7. The van der Waals surface area contributed by atoms with Crippen molar-refractivity contribution in [1.82, 2.24) is 14.5 Å². The predicted octanol–water partition coefficient (Wildman–Crippen LogP) is 6.79. The van der Waals surface area contributed by atoms with Gasteiger partial charge in [-0.2, -0.15) is 0 Å². The van der Waals surface area contributed by atoms with E-state index in [4.69, 9.17) is 21.6 Å². The molecule has 0 amide bonds. The molecule has 2 aliphatic rings. The highest BCUT2D eigenvalue weighted by molar-refractivity contribution is 6.30. The van der Waals surface area contributed by atoms with E-state index in [9.17, 15) is 0 Å². The Hall–Kier alpha value is -3.70.